The van der Waals surface area contributed by atoms with Crippen LogP contribution in [0.15, 0.2) is 30.3 Å². The molecule has 1 aromatic heterocycles. The van der Waals surface area contributed by atoms with Crippen LogP contribution in [0.25, 0.3) is 0 Å². The number of aliphatic hydroxyl groups is 1. The Morgan fingerprint density at radius 2 is 2.00 bits per heavy atom. The maximum atomic E-state index is 12.3. The summed E-state index contributed by atoms with van der Waals surface area (Å²) < 4.78 is 0. The number of carbonyl (C=O) groups is 1. The summed E-state index contributed by atoms with van der Waals surface area (Å²) in [6, 6.07) is 10.1. The summed E-state index contributed by atoms with van der Waals surface area (Å²) in [4.78, 5) is 17.4. The van der Waals surface area contributed by atoms with Crippen molar-refractivity contribution in [3.05, 3.63) is 51.5 Å². The number of aryl methyl sites for hydroxylation is 1. The Morgan fingerprint density at radius 1 is 1.30 bits per heavy atom. The van der Waals surface area contributed by atoms with Crippen LogP contribution in [0.2, 0.25) is 0 Å². The SMILES string of the molecule is Cc1nc(Cc2ccccc2)sc1C(=O)NCCC(O)C(C)C. The summed E-state index contributed by atoms with van der Waals surface area (Å²) in [6.45, 7) is 6.28. The summed E-state index contributed by atoms with van der Waals surface area (Å²) in [5.74, 6) is 0.102. The highest BCUT2D eigenvalue weighted by atomic mass is 32.1. The molecule has 0 bridgehead atoms. The molecule has 0 radical (unpaired) electrons. The van der Waals surface area contributed by atoms with Crippen molar-refractivity contribution in [1.82, 2.24) is 10.3 Å². The topological polar surface area (TPSA) is 62.2 Å². The van der Waals surface area contributed by atoms with Gasteiger partial charge in [0.05, 0.1) is 16.8 Å². The van der Waals surface area contributed by atoms with Crippen LogP contribution >= 0.6 is 11.3 Å². The molecule has 0 saturated heterocycles. The van der Waals surface area contributed by atoms with E-state index < -0.39 is 0 Å². The lowest BCUT2D eigenvalue weighted by Gasteiger charge is -2.14. The van der Waals surface area contributed by atoms with Gasteiger partial charge in [0.15, 0.2) is 0 Å². The number of carbonyl (C=O) groups excluding carboxylic acids is 1. The van der Waals surface area contributed by atoms with Crippen molar-refractivity contribution < 1.29 is 9.90 Å². The summed E-state index contributed by atoms with van der Waals surface area (Å²) in [7, 11) is 0. The number of nitrogens with zero attached hydrogens (tertiary/aromatic N) is 1. The van der Waals surface area contributed by atoms with Crippen LogP contribution < -0.4 is 5.32 Å². The first-order chi connectivity index (χ1) is 11.0. The van der Waals surface area contributed by atoms with Gasteiger partial charge in [-0.05, 0) is 24.8 Å². The fourth-order valence-corrected chi connectivity index (χ4v) is 3.27. The second-order valence-corrected chi connectivity index (χ2v) is 7.12. The minimum absolute atomic E-state index is 0.102. The molecule has 0 saturated carbocycles. The summed E-state index contributed by atoms with van der Waals surface area (Å²) in [6.07, 6.45) is 0.926. The van der Waals surface area contributed by atoms with E-state index in [0.29, 0.717) is 17.8 Å². The third-order valence-electron chi connectivity index (χ3n) is 3.74. The van der Waals surface area contributed by atoms with Gasteiger partial charge in [0, 0.05) is 13.0 Å². The van der Waals surface area contributed by atoms with Gasteiger partial charge in [-0.3, -0.25) is 4.79 Å². The fourth-order valence-electron chi connectivity index (χ4n) is 2.26. The molecule has 23 heavy (non-hydrogen) atoms. The number of aromatic nitrogens is 1. The van der Waals surface area contributed by atoms with Crippen molar-refractivity contribution in [1.29, 1.82) is 0 Å². The van der Waals surface area contributed by atoms with E-state index in [-0.39, 0.29) is 17.9 Å². The molecule has 1 aromatic carbocycles. The number of benzene rings is 1. The maximum Gasteiger partial charge on any atom is 0.263 e. The number of thiazole rings is 1. The Labute approximate surface area is 141 Å². The van der Waals surface area contributed by atoms with E-state index in [1.807, 2.05) is 39.0 Å². The smallest absolute Gasteiger partial charge is 0.263 e. The lowest BCUT2D eigenvalue weighted by molar-refractivity contribution is 0.0923. The van der Waals surface area contributed by atoms with Crippen molar-refractivity contribution in [3.63, 3.8) is 0 Å². The first-order valence-electron chi connectivity index (χ1n) is 7.94. The summed E-state index contributed by atoms with van der Waals surface area (Å²) in [5.41, 5.74) is 1.95. The lowest BCUT2D eigenvalue weighted by atomic mass is 10.0. The van der Waals surface area contributed by atoms with Crippen molar-refractivity contribution in [2.75, 3.05) is 6.54 Å². The Morgan fingerprint density at radius 3 is 2.65 bits per heavy atom. The number of hydrogen-bond donors (Lipinski definition) is 2. The lowest BCUT2D eigenvalue weighted by Crippen LogP contribution is -2.28. The molecule has 2 aromatic rings. The first kappa shape index (κ1) is 17.6. The van der Waals surface area contributed by atoms with Gasteiger partial charge < -0.3 is 10.4 Å². The largest absolute Gasteiger partial charge is 0.393 e. The van der Waals surface area contributed by atoms with Crippen LogP contribution in [0.3, 0.4) is 0 Å². The Kier molecular flexibility index (Phi) is 6.30. The molecule has 1 heterocycles. The van der Waals surface area contributed by atoms with Crippen LogP contribution in [0.4, 0.5) is 0 Å². The zero-order chi connectivity index (χ0) is 16.8. The molecule has 4 nitrogen and oxygen atoms in total. The summed E-state index contributed by atoms with van der Waals surface area (Å²) >= 11 is 1.44. The van der Waals surface area contributed by atoms with Gasteiger partial charge in [0.1, 0.15) is 4.88 Å². The molecule has 0 aliphatic heterocycles. The second kappa shape index (κ2) is 8.22. The van der Waals surface area contributed by atoms with Crippen molar-refractivity contribution in [3.8, 4) is 0 Å². The van der Waals surface area contributed by atoms with Crippen LogP contribution in [-0.2, 0) is 6.42 Å². The highest BCUT2D eigenvalue weighted by Gasteiger charge is 2.16. The fraction of sp³-hybridized carbons (Fsp3) is 0.444. The molecular weight excluding hydrogens is 308 g/mol. The Balaban J connectivity index is 1.93. The number of rotatable bonds is 7. The van der Waals surface area contributed by atoms with Crippen LogP contribution in [-0.4, -0.2) is 28.6 Å². The van der Waals surface area contributed by atoms with Crippen molar-refractivity contribution in [2.24, 2.45) is 5.92 Å². The van der Waals surface area contributed by atoms with Gasteiger partial charge in [-0.2, -0.15) is 0 Å². The van der Waals surface area contributed by atoms with Crippen LogP contribution in [0.5, 0.6) is 0 Å². The molecule has 5 heteroatoms. The molecule has 124 valence electrons. The molecule has 1 unspecified atom stereocenters. The average Bonchev–Trinajstić information content (AvgIpc) is 2.88. The number of aliphatic hydroxyl groups excluding tert-OH is 1. The van der Waals surface area contributed by atoms with Gasteiger partial charge in [0.2, 0.25) is 0 Å². The monoisotopic (exact) mass is 332 g/mol. The van der Waals surface area contributed by atoms with E-state index in [9.17, 15) is 9.90 Å². The van der Waals surface area contributed by atoms with E-state index in [2.05, 4.69) is 22.4 Å². The zero-order valence-corrected chi connectivity index (χ0v) is 14.7. The van der Waals surface area contributed by atoms with E-state index >= 15 is 0 Å². The van der Waals surface area contributed by atoms with Gasteiger partial charge >= 0.3 is 0 Å². The molecule has 0 aliphatic carbocycles. The normalized spacial score (nSPS) is 12.4. The van der Waals surface area contributed by atoms with Crippen LogP contribution in [0, 0.1) is 12.8 Å². The zero-order valence-electron chi connectivity index (χ0n) is 13.9. The highest BCUT2D eigenvalue weighted by Crippen LogP contribution is 2.20. The number of amides is 1. The van der Waals surface area contributed by atoms with E-state index in [0.717, 1.165) is 17.1 Å². The molecule has 1 amide bonds. The first-order valence-corrected chi connectivity index (χ1v) is 8.75. The molecule has 0 fully saturated rings. The van der Waals surface area contributed by atoms with E-state index in [1.54, 1.807) is 0 Å². The standard InChI is InChI=1S/C18H24N2O2S/c1-12(2)15(21)9-10-19-18(22)17-13(3)20-16(23-17)11-14-7-5-4-6-8-14/h4-8,12,15,21H,9-11H2,1-3H3,(H,19,22). The van der Waals surface area contributed by atoms with E-state index in [1.165, 1.54) is 16.9 Å². The molecular formula is C18H24N2O2S. The predicted molar refractivity (Wildman–Crippen MR) is 93.9 cm³/mol. The number of nitrogens with one attached hydrogen (secondary N) is 1. The highest BCUT2D eigenvalue weighted by molar-refractivity contribution is 7.13. The average molecular weight is 332 g/mol. The minimum Gasteiger partial charge on any atom is -0.393 e. The summed E-state index contributed by atoms with van der Waals surface area (Å²) in [5, 5.41) is 13.6. The molecule has 2 N–H and O–H groups in total. The molecule has 0 spiro atoms. The predicted octanol–water partition coefficient (Wildman–Crippen LogP) is 3.18. The minimum atomic E-state index is -0.383. The maximum absolute atomic E-state index is 12.3. The molecule has 0 aliphatic rings. The van der Waals surface area contributed by atoms with Crippen molar-refractivity contribution in [2.45, 2.75) is 39.7 Å². The van der Waals surface area contributed by atoms with E-state index in [4.69, 9.17) is 0 Å². The second-order valence-electron chi connectivity index (χ2n) is 6.04. The van der Waals surface area contributed by atoms with Gasteiger partial charge in [-0.15, -0.1) is 11.3 Å². The van der Waals surface area contributed by atoms with Gasteiger partial charge in [-0.1, -0.05) is 44.2 Å². The van der Waals surface area contributed by atoms with Crippen molar-refractivity contribution >= 4 is 17.2 Å². The molecule has 1 atom stereocenters. The third kappa shape index (κ3) is 5.15. The Hall–Kier alpha value is -1.72. The third-order valence-corrected chi connectivity index (χ3v) is 4.90. The number of hydrogen-bond acceptors (Lipinski definition) is 4. The molecule has 2 rings (SSSR count). The van der Waals surface area contributed by atoms with Crippen LogP contribution in [0.1, 0.15) is 46.2 Å². The quantitative estimate of drug-likeness (QED) is 0.818. The van der Waals surface area contributed by atoms with Gasteiger partial charge in [-0.25, -0.2) is 4.98 Å². The Bertz CT molecular complexity index is 638. The van der Waals surface area contributed by atoms with Gasteiger partial charge in [0.25, 0.3) is 5.91 Å².